The van der Waals surface area contributed by atoms with Gasteiger partial charge in [-0.3, -0.25) is 4.79 Å². The number of carbonyl (C=O) groups excluding carboxylic acids is 1. The predicted octanol–water partition coefficient (Wildman–Crippen LogP) is 4.25. The molecule has 1 aliphatic heterocycles. The highest BCUT2D eigenvalue weighted by atomic mass is 32.1. The number of nitrogens with zero attached hydrogens (tertiary/aromatic N) is 2. The van der Waals surface area contributed by atoms with Crippen molar-refractivity contribution in [1.29, 1.82) is 0 Å². The Hall–Kier alpha value is -3.00. The van der Waals surface area contributed by atoms with Crippen LogP contribution in [0.25, 0.3) is 0 Å². The van der Waals surface area contributed by atoms with Crippen LogP contribution >= 0.6 is 11.3 Å². The van der Waals surface area contributed by atoms with Gasteiger partial charge in [0.2, 0.25) is 11.6 Å². The molecule has 8 heteroatoms. The van der Waals surface area contributed by atoms with Crippen LogP contribution in [0, 0.1) is 5.82 Å². The van der Waals surface area contributed by atoms with E-state index in [1.165, 1.54) is 17.0 Å². The summed E-state index contributed by atoms with van der Waals surface area (Å²) in [4.78, 5) is 14.3. The van der Waals surface area contributed by atoms with E-state index in [2.05, 4.69) is 27.0 Å². The fourth-order valence-corrected chi connectivity index (χ4v) is 4.59. The summed E-state index contributed by atoms with van der Waals surface area (Å²) in [5.74, 6) is 0.622. The molecule has 136 valence electrons. The van der Waals surface area contributed by atoms with Gasteiger partial charge in [0.1, 0.15) is 5.82 Å². The maximum atomic E-state index is 13.8. The molecule has 2 aliphatic rings. The Labute approximate surface area is 158 Å². The molecule has 5 rings (SSSR count). The largest absolute Gasteiger partial charge is 0.353 e. The first-order valence-electron chi connectivity index (χ1n) is 8.60. The van der Waals surface area contributed by atoms with Crippen molar-refractivity contribution in [3.63, 3.8) is 0 Å². The normalized spacial score (nSPS) is 21.7. The van der Waals surface area contributed by atoms with Gasteiger partial charge < -0.3 is 10.6 Å². The number of ketones is 1. The molecule has 1 aliphatic carbocycles. The summed E-state index contributed by atoms with van der Waals surface area (Å²) in [6.45, 7) is 0. The van der Waals surface area contributed by atoms with E-state index in [1.54, 1.807) is 23.5 Å². The molecule has 0 spiro atoms. The molecule has 6 nitrogen and oxygen atoms in total. The summed E-state index contributed by atoms with van der Waals surface area (Å²) < 4.78 is 18.7. The van der Waals surface area contributed by atoms with Gasteiger partial charge in [-0.1, -0.05) is 18.2 Å². The number of hydrogen-bond donors (Lipinski definition) is 2. The van der Waals surface area contributed by atoms with Crippen LogP contribution < -0.4 is 10.6 Å². The van der Waals surface area contributed by atoms with Gasteiger partial charge in [-0.2, -0.15) is 0 Å². The van der Waals surface area contributed by atoms with E-state index < -0.39 is 6.04 Å². The molecule has 0 saturated carbocycles. The molecule has 27 heavy (non-hydrogen) atoms. The summed E-state index contributed by atoms with van der Waals surface area (Å²) in [6.07, 6.45) is 1.09. The molecule has 3 heterocycles. The van der Waals surface area contributed by atoms with E-state index in [-0.39, 0.29) is 17.5 Å². The summed E-state index contributed by atoms with van der Waals surface area (Å²) >= 11 is 1.65. The molecule has 2 N–H and O–H groups in total. The molecule has 0 bridgehead atoms. The maximum Gasteiger partial charge on any atom is 0.219 e. The third kappa shape index (κ3) is 2.82. The van der Waals surface area contributed by atoms with Crippen molar-refractivity contribution in [1.82, 2.24) is 10.3 Å². The van der Waals surface area contributed by atoms with Crippen LogP contribution in [-0.4, -0.2) is 16.1 Å². The van der Waals surface area contributed by atoms with Crippen LogP contribution in [0.2, 0.25) is 0 Å². The van der Waals surface area contributed by atoms with Crippen LogP contribution in [0.1, 0.15) is 35.2 Å². The predicted molar refractivity (Wildman–Crippen MR) is 99.0 cm³/mol. The van der Waals surface area contributed by atoms with E-state index in [0.717, 1.165) is 5.70 Å². The number of hydrogen-bond acceptors (Lipinski definition) is 7. The number of thiophene rings is 1. The number of carbonyl (C=O) groups is 1. The van der Waals surface area contributed by atoms with Crippen LogP contribution in [0.5, 0.6) is 0 Å². The van der Waals surface area contributed by atoms with Crippen LogP contribution in [0.4, 0.5) is 16.0 Å². The molecule has 0 amide bonds. The third-order valence-electron chi connectivity index (χ3n) is 4.96. The van der Waals surface area contributed by atoms with Crippen molar-refractivity contribution >= 4 is 28.8 Å². The molecule has 2 atom stereocenters. The van der Waals surface area contributed by atoms with E-state index in [4.69, 9.17) is 4.63 Å². The van der Waals surface area contributed by atoms with Gasteiger partial charge in [-0.05, 0) is 45.9 Å². The minimum atomic E-state index is -0.520. The van der Waals surface area contributed by atoms with Crippen molar-refractivity contribution in [2.45, 2.75) is 24.8 Å². The van der Waals surface area contributed by atoms with Crippen molar-refractivity contribution in [2.75, 3.05) is 10.6 Å². The van der Waals surface area contributed by atoms with Gasteiger partial charge in [0.25, 0.3) is 0 Å². The monoisotopic (exact) mass is 382 g/mol. The Bertz CT molecular complexity index is 1040. The maximum absolute atomic E-state index is 13.8. The van der Waals surface area contributed by atoms with Gasteiger partial charge in [-0.25, -0.2) is 9.02 Å². The second-order valence-electron chi connectivity index (χ2n) is 6.65. The number of benzene rings is 1. The Morgan fingerprint density at radius 1 is 1.15 bits per heavy atom. The number of allylic oxidation sites excluding steroid dienone is 1. The van der Waals surface area contributed by atoms with Crippen molar-refractivity contribution < 1.29 is 13.8 Å². The average Bonchev–Trinajstić information content (AvgIpc) is 3.30. The quantitative estimate of drug-likeness (QED) is 0.690. The summed E-state index contributed by atoms with van der Waals surface area (Å²) in [7, 11) is 0. The zero-order valence-corrected chi connectivity index (χ0v) is 14.9. The molecule has 0 fully saturated rings. The SMILES string of the molecule is O=C1C[C@@H](c2cccs2)CC2=C1[C@@H](c1cccc(F)c1)Nc1nonc1N2. The van der Waals surface area contributed by atoms with Crippen molar-refractivity contribution in [3.8, 4) is 0 Å². The number of aromatic nitrogens is 2. The van der Waals surface area contributed by atoms with E-state index in [1.807, 2.05) is 11.4 Å². The van der Waals surface area contributed by atoms with Gasteiger partial charge >= 0.3 is 0 Å². The Balaban J connectivity index is 1.62. The second-order valence-corrected chi connectivity index (χ2v) is 7.63. The molecular formula is C19H15FN4O2S. The smallest absolute Gasteiger partial charge is 0.219 e. The topological polar surface area (TPSA) is 80.1 Å². The third-order valence-corrected chi connectivity index (χ3v) is 6.00. The van der Waals surface area contributed by atoms with Crippen molar-refractivity contribution in [3.05, 3.63) is 69.3 Å². The van der Waals surface area contributed by atoms with E-state index in [0.29, 0.717) is 35.6 Å². The Morgan fingerprint density at radius 3 is 2.85 bits per heavy atom. The zero-order valence-electron chi connectivity index (χ0n) is 14.1. The molecule has 0 saturated heterocycles. The van der Waals surface area contributed by atoms with Crippen LogP contribution in [-0.2, 0) is 4.79 Å². The lowest BCUT2D eigenvalue weighted by Gasteiger charge is -2.29. The Morgan fingerprint density at radius 2 is 2.04 bits per heavy atom. The lowest BCUT2D eigenvalue weighted by molar-refractivity contribution is -0.116. The second kappa shape index (κ2) is 6.31. The highest BCUT2D eigenvalue weighted by molar-refractivity contribution is 7.10. The number of Topliss-reactive ketones (excluding diaryl/α,β-unsaturated/α-hetero) is 1. The number of halogens is 1. The lowest BCUT2D eigenvalue weighted by Crippen LogP contribution is -2.26. The highest BCUT2D eigenvalue weighted by Gasteiger charge is 2.37. The molecule has 1 aromatic carbocycles. The molecular weight excluding hydrogens is 367 g/mol. The van der Waals surface area contributed by atoms with Crippen LogP contribution in [0.3, 0.4) is 0 Å². The van der Waals surface area contributed by atoms with Crippen molar-refractivity contribution in [2.24, 2.45) is 0 Å². The summed E-state index contributed by atoms with van der Waals surface area (Å²) in [5.41, 5.74) is 2.04. The molecule has 2 aromatic heterocycles. The Kier molecular flexibility index (Phi) is 3.78. The first kappa shape index (κ1) is 16.2. The first-order valence-corrected chi connectivity index (χ1v) is 9.48. The summed E-state index contributed by atoms with van der Waals surface area (Å²) in [6, 6.07) is 9.76. The molecule has 3 aromatic rings. The standard InChI is InChI=1S/C19H15FN4O2S/c20-12-4-1-3-10(7-12)17-16-13(21-18-19(22-17)24-26-23-18)8-11(9-14(16)25)15-5-2-6-27-15/h1-7,11,17H,8-9H2,(H,21,23)(H,22,24)/t11-,17+/m0/s1. The van der Waals surface area contributed by atoms with Crippen LogP contribution in [0.15, 0.2) is 57.7 Å². The molecule has 0 unspecified atom stereocenters. The number of anilines is 2. The fraction of sp³-hybridized carbons (Fsp3) is 0.211. The van der Waals surface area contributed by atoms with Gasteiger partial charge in [0.05, 0.1) is 6.04 Å². The zero-order chi connectivity index (χ0) is 18.4. The summed E-state index contributed by atoms with van der Waals surface area (Å²) in [5, 5.41) is 16.2. The minimum absolute atomic E-state index is 0.0333. The minimum Gasteiger partial charge on any atom is -0.353 e. The number of fused-ring (bicyclic) bond motifs is 1. The van der Waals surface area contributed by atoms with E-state index >= 15 is 0 Å². The first-order chi connectivity index (χ1) is 13.2. The van der Waals surface area contributed by atoms with Gasteiger partial charge in [0.15, 0.2) is 5.78 Å². The van der Waals surface area contributed by atoms with E-state index in [9.17, 15) is 9.18 Å². The number of nitrogens with one attached hydrogen (secondary N) is 2. The van der Waals surface area contributed by atoms with Gasteiger partial charge in [0, 0.05) is 28.5 Å². The fourth-order valence-electron chi connectivity index (χ4n) is 3.76. The highest BCUT2D eigenvalue weighted by Crippen LogP contribution is 2.44. The van der Waals surface area contributed by atoms with Gasteiger partial charge in [-0.15, -0.1) is 11.3 Å². The lowest BCUT2D eigenvalue weighted by atomic mass is 9.81. The number of rotatable bonds is 2. The average molecular weight is 382 g/mol. The molecule has 0 radical (unpaired) electrons.